The quantitative estimate of drug-likeness (QED) is 0.533. The summed E-state index contributed by atoms with van der Waals surface area (Å²) in [6, 6.07) is 0. The SMILES string of the molecule is COC(=O)C1=C(I)[C@@H](O)[C@@H](O)C=C1. The molecule has 0 aliphatic heterocycles. The maximum Gasteiger partial charge on any atom is 0.338 e. The summed E-state index contributed by atoms with van der Waals surface area (Å²) in [6.45, 7) is 0. The molecule has 0 unspecified atom stereocenters. The van der Waals surface area contributed by atoms with E-state index in [4.69, 9.17) is 0 Å². The molecule has 0 bridgehead atoms. The summed E-state index contributed by atoms with van der Waals surface area (Å²) >= 11 is 1.82. The Balaban J connectivity index is 2.97. The Hall–Kier alpha value is -0.400. The Morgan fingerprint density at radius 3 is 2.77 bits per heavy atom. The lowest BCUT2D eigenvalue weighted by Crippen LogP contribution is -2.28. The van der Waals surface area contributed by atoms with Crippen LogP contribution in [0.5, 0.6) is 0 Å². The molecule has 1 aliphatic rings. The first-order valence-electron chi connectivity index (χ1n) is 3.60. The summed E-state index contributed by atoms with van der Waals surface area (Å²) in [6.07, 6.45) is 0.837. The third-order valence-corrected chi connectivity index (χ3v) is 2.93. The molecule has 5 heteroatoms. The molecule has 0 fully saturated rings. The van der Waals surface area contributed by atoms with Gasteiger partial charge < -0.3 is 14.9 Å². The summed E-state index contributed by atoms with van der Waals surface area (Å²) in [5.41, 5.74) is 0.293. The number of ether oxygens (including phenoxy) is 1. The molecular formula is C8H9IO4. The van der Waals surface area contributed by atoms with Gasteiger partial charge in [-0.1, -0.05) is 6.08 Å². The van der Waals surface area contributed by atoms with Crippen LogP contribution in [0.25, 0.3) is 0 Å². The minimum Gasteiger partial charge on any atom is -0.465 e. The summed E-state index contributed by atoms with van der Waals surface area (Å²) in [7, 11) is 1.27. The van der Waals surface area contributed by atoms with Crippen molar-refractivity contribution < 1.29 is 19.7 Å². The molecule has 2 atom stereocenters. The van der Waals surface area contributed by atoms with Gasteiger partial charge in [0.1, 0.15) is 12.2 Å². The molecule has 0 amide bonds. The second kappa shape index (κ2) is 4.21. The van der Waals surface area contributed by atoms with Crippen LogP contribution < -0.4 is 0 Å². The van der Waals surface area contributed by atoms with Crippen LogP contribution in [0.3, 0.4) is 0 Å². The Kier molecular flexibility index (Phi) is 3.46. The molecule has 1 aliphatic carbocycles. The van der Waals surface area contributed by atoms with E-state index in [-0.39, 0.29) is 0 Å². The zero-order chi connectivity index (χ0) is 10.0. The highest BCUT2D eigenvalue weighted by atomic mass is 127. The average Bonchev–Trinajstić information content (AvgIpc) is 2.13. The number of halogens is 1. The number of methoxy groups -OCH3 is 1. The number of carbonyl (C=O) groups is 1. The lowest BCUT2D eigenvalue weighted by atomic mass is 10.0. The molecule has 4 nitrogen and oxygen atoms in total. The van der Waals surface area contributed by atoms with Gasteiger partial charge in [-0.3, -0.25) is 0 Å². The van der Waals surface area contributed by atoms with Crippen molar-refractivity contribution >= 4 is 28.6 Å². The normalized spacial score (nSPS) is 27.7. The number of aliphatic hydroxyl groups excluding tert-OH is 2. The predicted octanol–water partition coefficient (Wildman–Crippen LogP) is 0.140. The molecule has 0 saturated heterocycles. The van der Waals surface area contributed by atoms with E-state index < -0.39 is 18.2 Å². The molecule has 0 aromatic rings. The van der Waals surface area contributed by atoms with Crippen LogP contribution in [0.2, 0.25) is 0 Å². The van der Waals surface area contributed by atoms with Crippen molar-refractivity contribution in [2.75, 3.05) is 7.11 Å². The fourth-order valence-corrected chi connectivity index (χ4v) is 1.73. The lowest BCUT2D eigenvalue weighted by molar-refractivity contribution is -0.135. The van der Waals surface area contributed by atoms with E-state index in [2.05, 4.69) is 4.74 Å². The van der Waals surface area contributed by atoms with Crippen molar-refractivity contribution in [3.63, 3.8) is 0 Å². The molecule has 13 heavy (non-hydrogen) atoms. The largest absolute Gasteiger partial charge is 0.465 e. The monoisotopic (exact) mass is 296 g/mol. The van der Waals surface area contributed by atoms with Crippen LogP contribution in [0.4, 0.5) is 0 Å². The second-order valence-electron chi connectivity index (χ2n) is 2.55. The highest BCUT2D eigenvalue weighted by Crippen LogP contribution is 2.26. The van der Waals surface area contributed by atoms with E-state index >= 15 is 0 Å². The minimum absolute atomic E-state index is 0.293. The van der Waals surface area contributed by atoms with E-state index in [1.54, 1.807) is 0 Å². The first kappa shape index (κ1) is 10.7. The van der Waals surface area contributed by atoms with E-state index in [0.29, 0.717) is 9.15 Å². The molecule has 0 aromatic carbocycles. The fraction of sp³-hybridized carbons (Fsp3) is 0.375. The van der Waals surface area contributed by atoms with Crippen LogP contribution in [0.15, 0.2) is 21.3 Å². The minimum atomic E-state index is -1.03. The summed E-state index contributed by atoms with van der Waals surface area (Å²) in [5, 5.41) is 18.6. The van der Waals surface area contributed by atoms with Gasteiger partial charge >= 0.3 is 5.97 Å². The molecular weight excluding hydrogens is 287 g/mol. The van der Waals surface area contributed by atoms with Gasteiger partial charge in [0.2, 0.25) is 0 Å². The number of esters is 1. The third kappa shape index (κ3) is 2.09. The molecule has 0 aromatic heterocycles. The first-order valence-corrected chi connectivity index (χ1v) is 4.68. The first-order chi connectivity index (χ1) is 6.07. The molecule has 0 radical (unpaired) electrons. The van der Waals surface area contributed by atoms with E-state index in [9.17, 15) is 15.0 Å². The van der Waals surface area contributed by atoms with Gasteiger partial charge in [0.15, 0.2) is 0 Å². The summed E-state index contributed by atoms with van der Waals surface area (Å²) < 4.78 is 4.90. The predicted molar refractivity (Wildman–Crippen MR) is 54.2 cm³/mol. The van der Waals surface area contributed by atoms with Crippen molar-refractivity contribution in [3.8, 4) is 0 Å². The van der Waals surface area contributed by atoms with Gasteiger partial charge in [0.05, 0.1) is 12.7 Å². The molecule has 0 spiro atoms. The van der Waals surface area contributed by atoms with E-state index in [1.165, 1.54) is 19.3 Å². The molecule has 0 saturated carbocycles. The van der Waals surface area contributed by atoms with Crippen molar-refractivity contribution in [1.29, 1.82) is 0 Å². The Labute approximate surface area is 89.0 Å². The second-order valence-corrected chi connectivity index (χ2v) is 3.71. The van der Waals surface area contributed by atoms with Crippen molar-refractivity contribution in [1.82, 2.24) is 0 Å². The summed E-state index contributed by atoms with van der Waals surface area (Å²) in [5.74, 6) is -0.508. The van der Waals surface area contributed by atoms with Gasteiger partial charge in [0, 0.05) is 3.58 Å². The zero-order valence-electron chi connectivity index (χ0n) is 6.90. The smallest absolute Gasteiger partial charge is 0.338 e. The third-order valence-electron chi connectivity index (χ3n) is 1.71. The Morgan fingerprint density at radius 1 is 1.62 bits per heavy atom. The maximum atomic E-state index is 11.1. The molecule has 72 valence electrons. The standard InChI is InChI=1S/C8H9IO4/c1-13-8(12)4-2-3-5(10)7(11)6(4)9/h2-3,5,7,10-11H,1H3/t5-,7-/m0/s1. The molecule has 0 heterocycles. The van der Waals surface area contributed by atoms with Gasteiger partial charge in [0.25, 0.3) is 0 Å². The molecule has 1 rings (SSSR count). The van der Waals surface area contributed by atoms with Crippen LogP contribution in [0.1, 0.15) is 0 Å². The number of hydrogen-bond acceptors (Lipinski definition) is 4. The van der Waals surface area contributed by atoms with Crippen LogP contribution in [0, 0.1) is 0 Å². The number of aliphatic hydroxyl groups is 2. The van der Waals surface area contributed by atoms with Crippen molar-refractivity contribution in [3.05, 3.63) is 21.3 Å². The van der Waals surface area contributed by atoms with Crippen molar-refractivity contribution in [2.45, 2.75) is 12.2 Å². The van der Waals surface area contributed by atoms with Crippen molar-refractivity contribution in [2.24, 2.45) is 0 Å². The van der Waals surface area contributed by atoms with Gasteiger partial charge in [-0.15, -0.1) is 0 Å². The van der Waals surface area contributed by atoms with Crippen LogP contribution in [-0.4, -0.2) is 35.5 Å². The van der Waals surface area contributed by atoms with Gasteiger partial charge in [-0.25, -0.2) is 4.79 Å². The highest BCUT2D eigenvalue weighted by Gasteiger charge is 2.26. The number of hydrogen-bond donors (Lipinski definition) is 2. The molecule has 2 N–H and O–H groups in total. The van der Waals surface area contributed by atoms with Crippen LogP contribution in [-0.2, 0) is 9.53 Å². The topological polar surface area (TPSA) is 66.8 Å². The van der Waals surface area contributed by atoms with Crippen LogP contribution >= 0.6 is 22.6 Å². The number of carbonyl (C=O) groups excluding carboxylic acids is 1. The van der Waals surface area contributed by atoms with E-state index in [0.717, 1.165) is 0 Å². The number of rotatable bonds is 1. The highest BCUT2D eigenvalue weighted by molar-refractivity contribution is 14.1. The van der Waals surface area contributed by atoms with Gasteiger partial charge in [-0.05, 0) is 28.7 Å². The zero-order valence-corrected chi connectivity index (χ0v) is 9.06. The lowest BCUT2D eigenvalue weighted by Gasteiger charge is -2.20. The van der Waals surface area contributed by atoms with Gasteiger partial charge in [-0.2, -0.15) is 0 Å². The average molecular weight is 296 g/mol. The Bertz CT molecular complexity index is 282. The summed E-state index contributed by atoms with van der Waals surface area (Å²) in [4.78, 5) is 11.1. The van der Waals surface area contributed by atoms with E-state index in [1.807, 2.05) is 22.6 Å². The Morgan fingerprint density at radius 2 is 2.23 bits per heavy atom. The fourth-order valence-electron chi connectivity index (χ4n) is 0.964. The maximum absolute atomic E-state index is 11.1.